The van der Waals surface area contributed by atoms with Gasteiger partial charge in [0.2, 0.25) is 5.91 Å². The Labute approximate surface area is 164 Å². The summed E-state index contributed by atoms with van der Waals surface area (Å²) in [7, 11) is 2.48. The Hall–Kier alpha value is -3.56. The normalized spacial score (nSPS) is 11.4. The first-order valence-electron chi connectivity index (χ1n) is 8.37. The molecule has 8 nitrogen and oxygen atoms in total. The lowest BCUT2D eigenvalue weighted by Gasteiger charge is -2.18. The number of nitro benzene ring substituents is 1. The number of hydrogen-bond acceptors (Lipinski definition) is 6. The molecule has 1 N–H and O–H groups in total. The van der Waals surface area contributed by atoms with E-state index < -0.39 is 34.5 Å². The highest BCUT2D eigenvalue weighted by Crippen LogP contribution is 2.25. The summed E-state index contributed by atoms with van der Waals surface area (Å²) in [5.41, 5.74) is 0.164. The third-order valence-electron chi connectivity index (χ3n) is 4.01. The van der Waals surface area contributed by atoms with Crippen LogP contribution >= 0.6 is 0 Å². The van der Waals surface area contributed by atoms with E-state index in [0.717, 1.165) is 19.2 Å². The maximum atomic E-state index is 13.3. The van der Waals surface area contributed by atoms with Crippen molar-refractivity contribution in [2.45, 2.75) is 18.9 Å². The topological polar surface area (TPSA) is 108 Å². The average Bonchev–Trinajstić information content (AvgIpc) is 2.65. The fourth-order valence-electron chi connectivity index (χ4n) is 2.74. The van der Waals surface area contributed by atoms with Crippen molar-refractivity contribution in [3.63, 3.8) is 0 Å². The van der Waals surface area contributed by atoms with E-state index in [9.17, 15) is 28.5 Å². The molecule has 1 amide bonds. The minimum atomic E-state index is -1.19. The Bertz CT molecular complexity index is 915. The van der Waals surface area contributed by atoms with Gasteiger partial charge in [0, 0.05) is 30.2 Å². The Morgan fingerprint density at radius 3 is 2.34 bits per heavy atom. The van der Waals surface area contributed by atoms with Gasteiger partial charge in [0.05, 0.1) is 25.6 Å². The van der Waals surface area contributed by atoms with Crippen LogP contribution in [0.3, 0.4) is 0 Å². The summed E-state index contributed by atoms with van der Waals surface area (Å²) >= 11 is 0. The Kier molecular flexibility index (Phi) is 7.18. The molecular weight excluding hydrogens is 390 g/mol. The second kappa shape index (κ2) is 9.58. The average molecular weight is 408 g/mol. The second-order valence-corrected chi connectivity index (χ2v) is 6.06. The third-order valence-corrected chi connectivity index (χ3v) is 4.01. The second-order valence-electron chi connectivity index (χ2n) is 6.06. The molecule has 2 rings (SSSR count). The SMILES string of the molecule is COC(=O)[C@H](Cc1cc([N+](=O)[O-])ccc1OC)NC(=O)Cc1cc(F)cc(F)c1. The number of nitro groups is 1. The molecule has 0 aromatic heterocycles. The van der Waals surface area contributed by atoms with E-state index in [2.05, 4.69) is 10.1 Å². The number of amides is 1. The van der Waals surface area contributed by atoms with Crippen molar-refractivity contribution in [2.75, 3.05) is 14.2 Å². The smallest absolute Gasteiger partial charge is 0.328 e. The van der Waals surface area contributed by atoms with Gasteiger partial charge in [-0.05, 0) is 23.8 Å². The quantitative estimate of drug-likeness (QED) is 0.408. The summed E-state index contributed by atoms with van der Waals surface area (Å²) in [6, 6.07) is 5.32. The molecule has 0 spiro atoms. The third kappa shape index (κ3) is 5.96. The molecule has 29 heavy (non-hydrogen) atoms. The molecule has 0 heterocycles. The maximum absolute atomic E-state index is 13.3. The highest BCUT2D eigenvalue weighted by Gasteiger charge is 2.25. The summed E-state index contributed by atoms with van der Waals surface area (Å²) in [5, 5.41) is 13.4. The number of nitrogens with zero attached hydrogens (tertiary/aromatic N) is 1. The first-order chi connectivity index (χ1) is 13.7. The molecule has 0 unspecified atom stereocenters. The van der Waals surface area contributed by atoms with E-state index in [0.29, 0.717) is 11.6 Å². The number of carbonyl (C=O) groups excluding carboxylic acids is 2. The van der Waals surface area contributed by atoms with Gasteiger partial charge in [-0.2, -0.15) is 0 Å². The van der Waals surface area contributed by atoms with Gasteiger partial charge < -0.3 is 14.8 Å². The molecule has 0 fully saturated rings. The van der Waals surface area contributed by atoms with Gasteiger partial charge in [-0.15, -0.1) is 0 Å². The number of methoxy groups -OCH3 is 2. The fraction of sp³-hybridized carbons (Fsp3) is 0.263. The lowest BCUT2D eigenvalue weighted by Crippen LogP contribution is -2.43. The number of carbonyl (C=O) groups is 2. The van der Waals surface area contributed by atoms with E-state index >= 15 is 0 Å². The molecule has 0 aliphatic heterocycles. The molecule has 10 heteroatoms. The zero-order chi connectivity index (χ0) is 21.6. The van der Waals surface area contributed by atoms with Gasteiger partial charge in [-0.3, -0.25) is 14.9 Å². The number of esters is 1. The molecule has 0 aliphatic rings. The molecule has 2 aromatic carbocycles. The molecule has 0 saturated carbocycles. The van der Waals surface area contributed by atoms with Crippen molar-refractivity contribution in [3.05, 3.63) is 69.3 Å². The number of hydrogen-bond donors (Lipinski definition) is 1. The van der Waals surface area contributed by atoms with Crippen molar-refractivity contribution < 1.29 is 32.8 Å². The number of benzene rings is 2. The number of ether oxygens (including phenoxy) is 2. The lowest BCUT2D eigenvalue weighted by molar-refractivity contribution is -0.384. The van der Waals surface area contributed by atoms with Gasteiger partial charge in [-0.1, -0.05) is 0 Å². The number of rotatable bonds is 8. The van der Waals surface area contributed by atoms with E-state index in [1.54, 1.807) is 0 Å². The first-order valence-corrected chi connectivity index (χ1v) is 8.37. The predicted octanol–water partition coefficient (Wildman–Crippen LogP) is 2.32. The van der Waals surface area contributed by atoms with Gasteiger partial charge in [0.25, 0.3) is 5.69 Å². The van der Waals surface area contributed by atoms with Crippen molar-refractivity contribution in [1.82, 2.24) is 5.32 Å². The highest BCUT2D eigenvalue weighted by molar-refractivity contribution is 5.86. The van der Waals surface area contributed by atoms with Gasteiger partial charge in [0.1, 0.15) is 23.4 Å². The van der Waals surface area contributed by atoms with Gasteiger partial charge >= 0.3 is 5.97 Å². The minimum Gasteiger partial charge on any atom is -0.496 e. The zero-order valence-electron chi connectivity index (χ0n) is 15.6. The molecule has 1 atom stereocenters. The molecule has 0 saturated heterocycles. The number of nitrogens with one attached hydrogen (secondary N) is 1. The van der Waals surface area contributed by atoms with Gasteiger partial charge in [0.15, 0.2) is 0 Å². The van der Waals surface area contributed by atoms with Crippen molar-refractivity contribution in [1.29, 1.82) is 0 Å². The highest BCUT2D eigenvalue weighted by atomic mass is 19.1. The van der Waals surface area contributed by atoms with Crippen LogP contribution in [0.15, 0.2) is 36.4 Å². The van der Waals surface area contributed by atoms with E-state index in [-0.39, 0.29) is 29.8 Å². The molecule has 0 radical (unpaired) electrons. The number of non-ortho nitro benzene ring substituents is 1. The number of halogens is 2. The molecular formula is C19H18F2N2O6. The molecule has 2 aromatic rings. The van der Waals surface area contributed by atoms with Crippen LogP contribution in [0.25, 0.3) is 0 Å². The van der Waals surface area contributed by atoms with Crippen molar-refractivity contribution >= 4 is 17.6 Å². The van der Waals surface area contributed by atoms with E-state index in [4.69, 9.17) is 4.74 Å². The van der Waals surface area contributed by atoms with Crippen LogP contribution in [0.2, 0.25) is 0 Å². The monoisotopic (exact) mass is 408 g/mol. The van der Waals surface area contributed by atoms with Crippen LogP contribution in [0.1, 0.15) is 11.1 Å². The van der Waals surface area contributed by atoms with Crippen LogP contribution in [0.4, 0.5) is 14.5 Å². The molecule has 0 bridgehead atoms. The summed E-state index contributed by atoms with van der Waals surface area (Å²) < 4.78 is 36.4. The fourth-order valence-corrected chi connectivity index (χ4v) is 2.74. The van der Waals surface area contributed by atoms with Crippen LogP contribution in [-0.2, 0) is 27.2 Å². The largest absolute Gasteiger partial charge is 0.496 e. The van der Waals surface area contributed by atoms with Crippen LogP contribution in [0.5, 0.6) is 5.75 Å². The molecule has 154 valence electrons. The van der Waals surface area contributed by atoms with Crippen LogP contribution in [-0.4, -0.2) is 37.1 Å². The zero-order valence-corrected chi connectivity index (χ0v) is 15.6. The van der Waals surface area contributed by atoms with Crippen LogP contribution < -0.4 is 10.1 Å². The Morgan fingerprint density at radius 1 is 1.14 bits per heavy atom. The molecule has 0 aliphatic carbocycles. The van der Waals surface area contributed by atoms with E-state index in [1.165, 1.54) is 25.3 Å². The summed E-state index contributed by atoms with van der Waals surface area (Å²) in [4.78, 5) is 34.8. The van der Waals surface area contributed by atoms with Gasteiger partial charge in [-0.25, -0.2) is 13.6 Å². The summed E-state index contributed by atoms with van der Waals surface area (Å²) in [6.45, 7) is 0. The lowest BCUT2D eigenvalue weighted by atomic mass is 10.0. The first kappa shape index (κ1) is 21.7. The van der Waals surface area contributed by atoms with Crippen molar-refractivity contribution in [3.8, 4) is 5.75 Å². The Balaban J connectivity index is 2.21. The minimum absolute atomic E-state index is 0.0801. The van der Waals surface area contributed by atoms with Crippen LogP contribution in [0, 0.1) is 21.7 Å². The maximum Gasteiger partial charge on any atom is 0.328 e. The van der Waals surface area contributed by atoms with Crippen molar-refractivity contribution in [2.24, 2.45) is 0 Å². The van der Waals surface area contributed by atoms with E-state index in [1.807, 2.05) is 0 Å². The predicted molar refractivity (Wildman–Crippen MR) is 97.4 cm³/mol. The summed E-state index contributed by atoms with van der Waals surface area (Å²) in [5.74, 6) is -2.87. The standard InChI is InChI=1S/C19H18F2N2O6/c1-28-17-4-3-15(23(26)27)8-12(17)9-16(19(25)29-2)22-18(24)7-11-5-13(20)10-14(21)6-11/h3-6,8,10,16H,7,9H2,1-2H3,(H,22,24)/t16-/m0/s1. The Morgan fingerprint density at radius 2 is 1.79 bits per heavy atom. The summed E-state index contributed by atoms with van der Waals surface area (Å²) in [6.07, 6.45) is -0.533.